The van der Waals surface area contributed by atoms with E-state index in [4.69, 9.17) is 25.5 Å². The first kappa shape index (κ1) is 29.2. The number of carboxylic acid groups (broad SMARTS) is 1. The molecule has 0 bridgehead atoms. The summed E-state index contributed by atoms with van der Waals surface area (Å²) in [5.41, 5.74) is -0.757. The minimum atomic E-state index is -4.47. The largest absolute Gasteiger partial charge is 0.478 e. The van der Waals surface area contributed by atoms with Crippen LogP contribution in [0.25, 0.3) is 0 Å². The van der Waals surface area contributed by atoms with Crippen LogP contribution in [0.4, 0.5) is 24.7 Å². The predicted molar refractivity (Wildman–Crippen MR) is 116 cm³/mol. The average Bonchev–Trinajstić information content (AvgIpc) is 2.78. The van der Waals surface area contributed by atoms with Gasteiger partial charge in [-0.25, -0.2) is 9.78 Å². The number of aromatic carboxylic acids is 1. The van der Waals surface area contributed by atoms with E-state index in [1.807, 2.05) is 0 Å². The summed E-state index contributed by atoms with van der Waals surface area (Å²) in [6.07, 6.45) is -8.76. The average molecular weight is 491 g/mol. The lowest BCUT2D eigenvalue weighted by molar-refractivity contribution is -0.138. The van der Waals surface area contributed by atoms with Crippen LogP contribution < -0.4 is 10.6 Å². The minimum absolute atomic E-state index is 0.00701. The SMILES string of the molecule is CNC[C@H](O)[C@H](O)[C@H](O)[C@H](O)CO.Cc1c(Nc2ncccc2C(=O)O)cccc1C(F)(F)F. The molecule has 190 valence electrons. The molecule has 13 heteroatoms. The number of nitrogens with zero attached hydrogens (tertiary/aromatic N) is 1. The third-order valence-electron chi connectivity index (χ3n) is 4.67. The molecule has 0 aliphatic carbocycles. The molecule has 2 rings (SSSR count). The maximum absolute atomic E-state index is 12.8. The molecule has 0 spiro atoms. The molecule has 1 aromatic carbocycles. The Morgan fingerprint density at radius 2 is 1.68 bits per heavy atom. The molecule has 0 saturated heterocycles. The van der Waals surface area contributed by atoms with E-state index < -0.39 is 48.7 Å². The second-order valence-electron chi connectivity index (χ2n) is 7.16. The van der Waals surface area contributed by atoms with Crippen molar-refractivity contribution in [1.82, 2.24) is 10.3 Å². The molecule has 2 aromatic rings. The zero-order valence-electron chi connectivity index (χ0n) is 18.4. The van der Waals surface area contributed by atoms with Gasteiger partial charge in [-0.15, -0.1) is 0 Å². The summed E-state index contributed by atoms with van der Waals surface area (Å²) >= 11 is 0. The van der Waals surface area contributed by atoms with Gasteiger partial charge in [0.05, 0.1) is 18.3 Å². The summed E-state index contributed by atoms with van der Waals surface area (Å²) in [5, 5.41) is 59.2. The van der Waals surface area contributed by atoms with Crippen LogP contribution in [0.1, 0.15) is 21.5 Å². The van der Waals surface area contributed by atoms with Crippen LogP contribution in [0.2, 0.25) is 0 Å². The zero-order valence-corrected chi connectivity index (χ0v) is 18.4. The number of rotatable bonds is 9. The Morgan fingerprint density at radius 1 is 1.06 bits per heavy atom. The molecule has 0 amide bonds. The highest BCUT2D eigenvalue weighted by molar-refractivity contribution is 5.94. The van der Waals surface area contributed by atoms with Crippen molar-refractivity contribution in [3.05, 3.63) is 53.2 Å². The van der Waals surface area contributed by atoms with Gasteiger partial charge < -0.3 is 41.3 Å². The van der Waals surface area contributed by atoms with E-state index >= 15 is 0 Å². The van der Waals surface area contributed by atoms with Crippen molar-refractivity contribution in [2.75, 3.05) is 25.5 Å². The Bertz CT molecular complexity index is 931. The quantitative estimate of drug-likeness (QED) is 0.246. The normalized spacial score (nSPS) is 14.9. The van der Waals surface area contributed by atoms with Gasteiger partial charge in [-0.3, -0.25) is 0 Å². The maximum atomic E-state index is 12.8. The highest BCUT2D eigenvalue weighted by Crippen LogP contribution is 2.35. The van der Waals surface area contributed by atoms with E-state index in [1.54, 1.807) is 7.05 Å². The maximum Gasteiger partial charge on any atom is 0.416 e. The molecule has 10 nitrogen and oxygen atoms in total. The minimum Gasteiger partial charge on any atom is -0.478 e. The van der Waals surface area contributed by atoms with Crippen LogP contribution in [0.15, 0.2) is 36.5 Å². The van der Waals surface area contributed by atoms with Crippen molar-refractivity contribution in [3.63, 3.8) is 0 Å². The molecule has 0 aliphatic rings. The van der Waals surface area contributed by atoms with Crippen molar-refractivity contribution < 1.29 is 48.6 Å². The van der Waals surface area contributed by atoms with Crippen LogP contribution >= 0.6 is 0 Å². The fraction of sp³-hybridized carbons (Fsp3) is 0.429. The van der Waals surface area contributed by atoms with E-state index in [0.29, 0.717) is 0 Å². The van der Waals surface area contributed by atoms with Crippen molar-refractivity contribution in [3.8, 4) is 0 Å². The first-order valence-electron chi connectivity index (χ1n) is 9.94. The van der Waals surface area contributed by atoms with Gasteiger partial charge in [0.2, 0.25) is 0 Å². The number of aliphatic hydroxyl groups excluding tert-OH is 5. The van der Waals surface area contributed by atoms with E-state index in [9.17, 15) is 23.1 Å². The standard InChI is InChI=1S/C14H11F3N2O2.C7H17NO5/c1-8-10(14(15,16)17)5-2-6-11(8)19-12-9(13(20)21)4-3-7-18-12;1-8-2-4(10)6(12)7(13)5(11)3-9/h2-7H,1H3,(H,18,19)(H,20,21);4-13H,2-3H2,1H3/t;4-,5+,6-,7+/m.0/s1. The lowest BCUT2D eigenvalue weighted by Gasteiger charge is -2.25. The number of alkyl halides is 3. The Kier molecular flexibility index (Phi) is 11.3. The number of carbonyl (C=O) groups is 1. The number of hydrogen-bond acceptors (Lipinski definition) is 9. The molecule has 1 heterocycles. The van der Waals surface area contributed by atoms with E-state index in [0.717, 1.165) is 6.07 Å². The van der Waals surface area contributed by atoms with Crippen molar-refractivity contribution >= 4 is 17.5 Å². The molecule has 8 N–H and O–H groups in total. The summed E-state index contributed by atoms with van der Waals surface area (Å²) < 4.78 is 38.5. The highest BCUT2D eigenvalue weighted by Gasteiger charge is 2.33. The first-order valence-corrected chi connectivity index (χ1v) is 9.94. The Hall–Kier alpha value is -2.81. The van der Waals surface area contributed by atoms with Gasteiger partial charge in [0, 0.05) is 18.4 Å². The molecule has 0 unspecified atom stereocenters. The van der Waals surface area contributed by atoms with Gasteiger partial charge in [0.15, 0.2) is 0 Å². The fourth-order valence-corrected chi connectivity index (χ4v) is 2.78. The van der Waals surface area contributed by atoms with Crippen molar-refractivity contribution in [2.45, 2.75) is 37.5 Å². The van der Waals surface area contributed by atoms with E-state index in [2.05, 4.69) is 15.6 Å². The number of benzene rings is 1. The summed E-state index contributed by atoms with van der Waals surface area (Å²) in [6, 6.07) is 6.41. The third kappa shape index (κ3) is 8.20. The van der Waals surface area contributed by atoms with Gasteiger partial charge in [0.1, 0.15) is 29.7 Å². The number of aromatic nitrogens is 1. The van der Waals surface area contributed by atoms with Gasteiger partial charge >= 0.3 is 12.1 Å². The molecule has 34 heavy (non-hydrogen) atoms. The van der Waals surface area contributed by atoms with Crippen molar-refractivity contribution in [2.24, 2.45) is 0 Å². The number of pyridine rings is 1. The van der Waals surface area contributed by atoms with Crippen molar-refractivity contribution in [1.29, 1.82) is 0 Å². The third-order valence-corrected chi connectivity index (χ3v) is 4.67. The second kappa shape index (κ2) is 13.2. The van der Waals surface area contributed by atoms with Gasteiger partial charge in [-0.2, -0.15) is 13.2 Å². The second-order valence-corrected chi connectivity index (χ2v) is 7.16. The Morgan fingerprint density at radius 3 is 2.21 bits per heavy atom. The van der Waals surface area contributed by atoms with E-state index in [-0.39, 0.29) is 29.2 Å². The zero-order chi connectivity index (χ0) is 26.1. The monoisotopic (exact) mass is 491 g/mol. The smallest absolute Gasteiger partial charge is 0.416 e. The number of carboxylic acids is 1. The van der Waals surface area contributed by atoms with E-state index in [1.165, 1.54) is 37.4 Å². The lowest BCUT2D eigenvalue weighted by atomic mass is 10.0. The summed E-state index contributed by atoms with van der Waals surface area (Å²) in [6.45, 7) is 0.745. The Balaban J connectivity index is 0.000000385. The molecule has 4 atom stereocenters. The Labute approximate surface area is 193 Å². The summed E-state index contributed by atoms with van der Waals surface area (Å²) in [5.74, 6) is -1.22. The van der Waals surface area contributed by atoms with Crippen LogP contribution in [0.5, 0.6) is 0 Å². The van der Waals surface area contributed by atoms with Gasteiger partial charge in [-0.05, 0) is 43.8 Å². The molecule has 0 aliphatic heterocycles. The number of nitrogens with one attached hydrogen (secondary N) is 2. The van der Waals surface area contributed by atoms with Gasteiger partial charge in [-0.1, -0.05) is 6.07 Å². The lowest BCUT2D eigenvalue weighted by Crippen LogP contribution is -2.48. The topological polar surface area (TPSA) is 175 Å². The molecule has 0 saturated carbocycles. The van der Waals surface area contributed by atoms with Crippen LogP contribution in [0, 0.1) is 6.92 Å². The predicted octanol–water partition coefficient (Wildman–Crippen LogP) is 0.492. The molecule has 1 aromatic heterocycles. The number of anilines is 2. The van der Waals surface area contributed by atoms with Crippen LogP contribution in [-0.2, 0) is 6.18 Å². The number of hydrogen-bond donors (Lipinski definition) is 8. The molecular formula is C21H28F3N3O7. The summed E-state index contributed by atoms with van der Waals surface area (Å²) in [4.78, 5) is 14.9. The number of likely N-dealkylation sites (N-methyl/N-ethyl adjacent to an activating group) is 1. The fourth-order valence-electron chi connectivity index (χ4n) is 2.78. The summed E-state index contributed by atoms with van der Waals surface area (Å²) in [7, 11) is 1.57. The number of halogens is 3. The highest BCUT2D eigenvalue weighted by atomic mass is 19.4. The molecular weight excluding hydrogens is 463 g/mol. The molecule has 0 fully saturated rings. The van der Waals surface area contributed by atoms with Crippen LogP contribution in [0.3, 0.4) is 0 Å². The van der Waals surface area contributed by atoms with Crippen LogP contribution in [-0.4, -0.2) is 86.2 Å². The number of aliphatic hydroxyl groups is 5. The first-order chi connectivity index (χ1) is 15.8. The molecule has 0 radical (unpaired) electrons. The van der Waals surface area contributed by atoms with Gasteiger partial charge in [0.25, 0.3) is 0 Å².